The van der Waals surface area contributed by atoms with E-state index in [0.717, 1.165) is 10.0 Å². The van der Waals surface area contributed by atoms with E-state index in [4.69, 9.17) is 25.3 Å². The van der Waals surface area contributed by atoms with Crippen LogP contribution in [0.15, 0.2) is 120 Å². The van der Waals surface area contributed by atoms with Crippen molar-refractivity contribution < 1.29 is 38.8 Å². The molecule has 20 heteroatoms. The Kier molecular flexibility index (Phi) is 17.7. The number of aliphatic carboxylic acids is 1. The van der Waals surface area contributed by atoms with Crippen molar-refractivity contribution >= 4 is 83.7 Å². The predicted octanol–water partition coefficient (Wildman–Crippen LogP) is 5.98. The van der Waals surface area contributed by atoms with Crippen LogP contribution in [0, 0.1) is 0 Å². The van der Waals surface area contributed by atoms with Crippen molar-refractivity contribution in [2.75, 3.05) is 14.2 Å². The van der Waals surface area contributed by atoms with E-state index in [0.29, 0.717) is 63.2 Å². The van der Waals surface area contributed by atoms with Crippen LogP contribution >= 0.6 is 31.8 Å². The highest BCUT2D eigenvalue weighted by Crippen LogP contribution is 2.27. The number of nitrogens with zero attached hydrogens (tertiary/aromatic N) is 6. The number of methoxy groups -OCH3 is 2. The molecule has 0 aliphatic rings. The molecule has 0 radical (unpaired) electrons. The average Bonchev–Trinajstić information content (AvgIpc) is 4.14. The van der Waals surface area contributed by atoms with Crippen LogP contribution < -0.4 is 20.5 Å². The summed E-state index contributed by atoms with van der Waals surface area (Å²) in [5.41, 5.74) is 8.04. The van der Waals surface area contributed by atoms with Crippen molar-refractivity contribution in [1.82, 2.24) is 34.8 Å². The molecule has 324 valence electrons. The monoisotopic (exact) mass is 906 g/mol. The second-order valence-corrected chi connectivity index (χ2v) is 16.1. The van der Waals surface area contributed by atoms with Gasteiger partial charge in [0.05, 0.1) is 31.8 Å². The van der Waals surface area contributed by atoms with Crippen molar-refractivity contribution in [2.24, 2.45) is 5.73 Å². The lowest BCUT2D eigenvalue weighted by Gasteiger charge is -2.05. The first kappa shape index (κ1) is 47.4. The number of carboxylic acids is 1. The van der Waals surface area contributed by atoms with Gasteiger partial charge in [-0.3, -0.25) is 28.5 Å². The Morgan fingerprint density at radius 1 is 0.730 bits per heavy atom. The number of benzene rings is 4. The molecule has 0 spiro atoms. The van der Waals surface area contributed by atoms with Gasteiger partial charge in [-0.1, -0.05) is 67.5 Å². The molecule has 0 aliphatic carbocycles. The molecular formula is C43H44BN8O8PS2. The smallest absolute Gasteiger partial charge is 0.325 e. The summed E-state index contributed by atoms with van der Waals surface area (Å²) in [5, 5.41) is 35.4. The van der Waals surface area contributed by atoms with Gasteiger partial charge in [-0.2, -0.15) is 10.2 Å². The first-order valence-electron chi connectivity index (χ1n) is 19.1. The van der Waals surface area contributed by atoms with E-state index >= 15 is 0 Å². The fourth-order valence-electron chi connectivity index (χ4n) is 5.78. The minimum absolute atomic E-state index is 0.0168. The lowest BCUT2D eigenvalue weighted by atomic mass is 10.1. The van der Waals surface area contributed by atoms with E-state index in [1.807, 2.05) is 35.0 Å². The summed E-state index contributed by atoms with van der Waals surface area (Å²) >= 11 is 3.06. The molecule has 1 unspecified atom stereocenters. The third-order valence-electron chi connectivity index (χ3n) is 8.58. The molecular weight excluding hydrogens is 862 g/mol. The topological polar surface area (TPSA) is 227 Å². The Morgan fingerprint density at radius 3 is 1.56 bits per heavy atom. The first-order valence-corrected chi connectivity index (χ1v) is 21.5. The summed E-state index contributed by atoms with van der Waals surface area (Å²) in [6, 6.07) is 28.2. The molecule has 0 fully saturated rings. The van der Waals surface area contributed by atoms with Crippen molar-refractivity contribution in [2.45, 2.75) is 33.0 Å². The zero-order valence-electron chi connectivity index (χ0n) is 34.5. The summed E-state index contributed by atoms with van der Waals surface area (Å²) in [5.74, 6) is -0.488. The molecule has 16 nitrogen and oxygen atoms in total. The lowest BCUT2D eigenvalue weighted by molar-refractivity contribution is -0.137. The number of hydrogen-bond acceptors (Lipinski definition) is 14. The number of hydrogen-bond donors (Lipinski definition) is 4. The minimum Gasteiger partial charge on any atom is -0.497 e. The van der Waals surface area contributed by atoms with Crippen LogP contribution in [-0.4, -0.2) is 84.0 Å². The van der Waals surface area contributed by atoms with Crippen molar-refractivity contribution in [3.63, 3.8) is 0 Å². The van der Waals surface area contributed by atoms with Gasteiger partial charge in [0, 0.05) is 63.7 Å². The number of carbonyl (C=O) groups is 4. The Balaban J connectivity index is 0.000000195. The van der Waals surface area contributed by atoms with Gasteiger partial charge in [0.25, 0.3) is 0 Å². The largest absolute Gasteiger partial charge is 0.497 e. The number of fused-ring (bicyclic) bond motifs is 2. The van der Waals surface area contributed by atoms with Gasteiger partial charge < -0.3 is 30.7 Å². The van der Waals surface area contributed by atoms with Crippen molar-refractivity contribution in [1.29, 1.82) is 0 Å². The number of thiazole rings is 2. The number of nitrogens with one attached hydrogen (secondary N) is 1. The number of nitrogens with two attached hydrogens (primary N) is 1. The fourth-order valence-corrected chi connectivity index (χ4v) is 6.83. The maximum Gasteiger partial charge on any atom is 0.325 e. The third-order valence-corrected chi connectivity index (χ3v) is 10.2. The van der Waals surface area contributed by atoms with Crippen molar-refractivity contribution in [3.8, 4) is 11.5 Å². The molecule has 5 N–H and O–H groups in total. The molecule has 0 saturated heterocycles. The average molecular weight is 907 g/mol. The summed E-state index contributed by atoms with van der Waals surface area (Å²) in [7, 11) is 5.30. The molecule has 0 bridgehead atoms. The number of ketones is 2. The van der Waals surface area contributed by atoms with E-state index in [2.05, 4.69) is 34.6 Å². The normalized spacial score (nSPS) is 10.3. The lowest BCUT2D eigenvalue weighted by Crippen LogP contribution is -2.27. The number of amides is 1. The SMILES string of the molecule is CB(O)P.COc1ccc2c(C(=O)c3ccccc3)nn(CC(=O)NCc3nccs3)c2c1.COc1ccc2c(C(=O)c3ccccc3)nn(CC(=O)O)c2c1.NCc1nccs1. The van der Waals surface area contributed by atoms with E-state index in [-0.39, 0.29) is 42.9 Å². The number of carbonyl (C=O) groups excluding carboxylic acids is 3. The molecule has 8 aromatic rings. The Hall–Kier alpha value is -6.63. The molecule has 63 heavy (non-hydrogen) atoms. The summed E-state index contributed by atoms with van der Waals surface area (Å²) in [6.45, 7) is 2.01. The molecule has 4 heterocycles. The number of carboxylic acid groups (broad SMARTS) is 1. The third kappa shape index (κ3) is 13.4. The van der Waals surface area contributed by atoms with E-state index in [1.54, 1.807) is 110 Å². The first-order chi connectivity index (χ1) is 30.4. The van der Waals surface area contributed by atoms with Gasteiger partial charge in [-0.15, -0.1) is 31.8 Å². The van der Waals surface area contributed by atoms with Crippen molar-refractivity contribution in [3.05, 3.63) is 153 Å². The standard InChI is InChI=1S/C21H18N4O3S.C17H14N2O4.C4H6N2S.CH6BOP/c1-28-15-7-8-16-17(11-15)25(13-18(26)23-12-19-22-9-10-29-19)24-20(16)21(27)14-5-3-2-4-6-14;1-23-12-7-8-13-14(9-12)19(10-15(20)21)18-16(13)17(22)11-5-3-2-4-6-11;5-3-4-6-1-2-7-4;1-2(3)4/h2-11H,12-13H2,1H3,(H,23,26);2-9H,10H2,1H3,(H,20,21);1-2H,3,5H2;3H,4H2,1H3. The fraction of sp³-hybridized carbons (Fsp3) is 0.163. The summed E-state index contributed by atoms with van der Waals surface area (Å²) < 4.78 is 13.3. The Morgan fingerprint density at radius 2 is 1.17 bits per heavy atom. The number of ether oxygens (including phenoxy) is 2. The molecule has 0 saturated carbocycles. The molecule has 4 aromatic carbocycles. The van der Waals surface area contributed by atoms with Gasteiger partial charge in [-0.25, -0.2) is 9.97 Å². The zero-order chi connectivity index (χ0) is 45.3. The van der Waals surface area contributed by atoms with Crippen LogP contribution in [0.3, 0.4) is 0 Å². The maximum atomic E-state index is 13.0. The summed E-state index contributed by atoms with van der Waals surface area (Å²) in [4.78, 5) is 57.2. The molecule has 1 atom stereocenters. The highest BCUT2D eigenvalue weighted by atomic mass is 32.1. The summed E-state index contributed by atoms with van der Waals surface area (Å²) in [6.07, 6.45) is 3.45. The van der Waals surface area contributed by atoms with Gasteiger partial charge >= 0.3 is 12.6 Å². The minimum atomic E-state index is -1.03. The van der Waals surface area contributed by atoms with Crippen LogP contribution in [0.2, 0.25) is 6.82 Å². The zero-order valence-corrected chi connectivity index (χ0v) is 37.2. The number of aromatic nitrogens is 6. The van der Waals surface area contributed by atoms with Crippen LogP contribution in [-0.2, 0) is 35.8 Å². The van der Waals surface area contributed by atoms with Crippen LogP contribution in [0.5, 0.6) is 11.5 Å². The molecule has 8 rings (SSSR count). The van der Waals surface area contributed by atoms with Crippen LogP contribution in [0.25, 0.3) is 21.8 Å². The molecule has 4 aromatic heterocycles. The van der Waals surface area contributed by atoms with Gasteiger partial charge in [-0.05, 0) is 24.3 Å². The van der Waals surface area contributed by atoms with Crippen LogP contribution in [0.1, 0.15) is 42.1 Å². The molecule has 1 amide bonds. The van der Waals surface area contributed by atoms with Gasteiger partial charge in [0.2, 0.25) is 17.5 Å². The Labute approximate surface area is 373 Å². The number of rotatable bonds is 13. The molecule has 0 aliphatic heterocycles. The van der Waals surface area contributed by atoms with Crippen LogP contribution in [0.4, 0.5) is 0 Å². The van der Waals surface area contributed by atoms with E-state index in [1.165, 1.54) is 27.8 Å². The quantitative estimate of drug-likeness (QED) is 0.0594. The van der Waals surface area contributed by atoms with E-state index < -0.39 is 5.97 Å². The predicted molar refractivity (Wildman–Crippen MR) is 247 cm³/mol. The van der Waals surface area contributed by atoms with Gasteiger partial charge in [0.15, 0.2) is 0 Å². The Bertz CT molecular complexity index is 2730. The second-order valence-electron chi connectivity index (χ2n) is 13.1. The highest BCUT2D eigenvalue weighted by Gasteiger charge is 2.22. The van der Waals surface area contributed by atoms with Gasteiger partial charge in [0.1, 0.15) is 46.0 Å². The van der Waals surface area contributed by atoms with E-state index in [9.17, 15) is 19.2 Å². The maximum absolute atomic E-state index is 13.0. The highest BCUT2D eigenvalue weighted by molar-refractivity contribution is 7.59. The second kappa shape index (κ2) is 23.6.